The van der Waals surface area contributed by atoms with Gasteiger partial charge in [-0.25, -0.2) is 0 Å². The Morgan fingerprint density at radius 2 is 1.94 bits per heavy atom. The van der Waals surface area contributed by atoms with Gasteiger partial charge >= 0.3 is 0 Å². The quantitative estimate of drug-likeness (QED) is 0.821. The van der Waals surface area contributed by atoms with Gasteiger partial charge in [-0.2, -0.15) is 0 Å². The lowest BCUT2D eigenvalue weighted by Crippen LogP contribution is -2.47. The first-order chi connectivity index (χ1) is 8.67. The van der Waals surface area contributed by atoms with E-state index in [-0.39, 0.29) is 11.2 Å². The highest BCUT2D eigenvalue weighted by Crippen LogP contribution is 2.41. The smallest absolute Gasteiger partial charge is 0.0802 e. The summed E-state index contributed by atoms with van der Waals surface area (Å²) >= 11 is 0. The van der Waals surface area contributed by atoms with Gasteiger partial charge in [0.25, 0.3) is 0 Å². The van der Waals surface area contributed by atoms with Gasteiger partial charge in [-0.3, -0.25) is 0 Å². The van der Waals surface area contributed by atoms with Gasteiger partial charge < -0.3 is 15.2 Å². The topological polar surface area (TPSA) is 44.5 Å². The molecule has 0 amide bonds. The van der Waals surface area contributed by atoms with Crippen LogP contribution >= 0.6 is 0 Å². The maximum Gasteiger partial charge on any atom is 0.0802 e. The van der Waals surface area contributed by atoms with Crippen LogP contribution in [0, 0.1) is 0 Å². The van der Waals surface area contributed by atoms with Crippen molar-refractivity contribution < 1.29 is 9.47 Å². The lowest BCUT2D eigenvalue weighted by molar-refractivity contribution is -0.172. The van der Waals surface area contributed by atoms with Crippen LogP contribution in [0.4, 0.5) is 0 Å². The maximum absolute atomic E-state index is 6.41. The average molecular weight is 255 g/mol. The molecule has 1 heterocycles. The molecule has 0 aromatic rings. The SMILES string of the molecule is CCC(CC)(CN)OC1CCOC2(CCCC2)C1. The van der Waals surface area contributed by atoms with Crippen LogP contribution in [0.2, 0.25) is 0 Å². The largest absolute Gasteiger partial charge is 0.375 e. The normalized spacial score (nSPS) is 27.8. The lowest BCUT2D eigenvalue weighted by atomic mass is 9.89. The molecular weight excluding hydrogens is 226 g/mol. The van der Waals surface area contributed by atoms with E-state index in [1.54, 1.807) is 0 Å². The molecule has 0 bridgehead atoms. The minimum atomic E-state index is -0.109. The van der Waals surface area contributed by atoms with Crippen LogP contribution in [0.1, 0.15) is 65.2 Å². The first-order valence-electron chi connectivity index (χ1n) is 7.69. The molecule has 1 atom stereocenters. The Kier molecular flexibility index (Phi) is 4.68. The highest BCUT2D eigenvalue weighted by molar-refractivity contribution is 4.93. The zero-order valence-corrected chi connectivity index (χ0v) is 12.0. The predicted octanol–water partition coefficient (Wildman–Crippen LogP) is 3.01. The van der Waals surface area contributed by atoms with E-state index in [2.05, 4.69) is 13.8 Å². The summed E-state index contributed by atoms with van der Waals surface area (Å²) in [5.74, 6) is 0. The summed E-state index contributed by atoms with van der Waals surface area (Å²) in [6.07, 6.45) is 9.54. The van der Waals surface area contributed by atoms with Gasteiger partial charge in [0.1, 0.15) is 0 Å². The summed E-state index contributed by atoms with van der Waals surface area (Å²) < 4.78 is 12.5. The van der Waals surface area contributed by atoms with E-state index in [9.17, 15) is 0 Å². The zero-order valence-electron chi connectivity index (χ0n) is 12.0. The maximum atomic E-state index is 6.41. The second-order valence-corrected chi connectivity index (χ2v) is 6.07. The van der Waals surface area contributed by atoms with Gasteiger partial charge in [0.15, 0.2) is 0 Å². The Hall–Kier alpha value is -0.120. The highest BCUT2D eigenvalue weighted by Gasteiger charge is 2.42. The van der Waals surface area contributed by atoms with Crippen molar-refractivity contribution in [3.63, 3.8) is 0 Å². The fraction of sp³-hybridized carbons (Fsp3) is 1.00. The highest BCUT2D eigenvalue weighted by atomic mass is 16.5. The molecule has 0 aromatic carbocycles. The fourth-order valence-corrected chi connectivity index (χ4v) is 3.56. The van der Waals surface area contributed by atoms with Crippen LogP contribution < -0.4 is 5.73 Å². The minimum Gasteiger partial charge on any atom is -0.375 e. The Balaban J connectivity index is 1.96. The van der Waals surface area contributed by atoms with Gasteiger partial charge in [0.2, 0.25) is 0 Å². The van der Waals surface area contributed by atoms with Crippen LogP contribution in [0.3, 0.4) is 0 Å². The predicted molar refractivity (Wildman–Crippen MR) is 73.6 cm³/mol. The minimum absolute atomic E-state index is 0.109. The van der Waals surface area contributed by atoms with Crippen molar-refractivity contribution in [3.8, 4) is 0 Å². The van der Waals surface area contributed by atoms with Crippen LogP contribution in [0.25, 0.3) is 0 Å². The molecule has 18 heavy (non-hydrogen) atoms. The second kappa shape index (κ2) is 5.89. The molecule has 1 spiro atoms. The molecule has 2 N–H and O–H groups in total. The van der Waals surface area contributed by atoms with Gasteiger partial charge in [0.05, 0.1) is 17.3 Å². The van der Waals surface area contributed by atoms with E-state index in [1.807, 2.05) is 0 Å². The number of hydrogen-bond donors (Lipinski definition) is 1. The van der Waals surface area contributed by atoms with E-state index in [0.29, 0.717) is 12.6 Å². The molecule has 0 aromatic heterocycles. The molecule has 0 radical (unpaired) electrons. The Morgan fingerprint density at radius 1 is 1.28 bits per heavy atom. The average Bonchev–Trinajstić information content (AvgIpc) is 2.84. The first-order valence-corrected chi connectivity index (χ1v) is 7.69. The zero-order chi connectivity index (χ0) is 13.1. The van der Waals surface area contributed by atoms with E-state index in [4.69, 9.17) is 15.2 Å². The number of nitrogens with two attached hydrogens (primary N) is 1. The van der Waals surface area contributed by atoms with Crippen LogP contribution in [-0.2, 0) is 9.47 Å². The van der Waals surface area contributed by atoms with Crippen LogP contribution in [-0.4, -0.2) is 30.5 Å². The molecule has 1 saturated carbocycles. The summed E-state index contributed by atoms with van der Waals surface area (Å²) in [5, 5.41) is 0. The van der Waals surface area contributed by atoms with Crippen molar-refractivity contribution >= 4 is 0 Å². The van der Waals surface area contributed by atoms with Crippen molar-refractivity contribution in [2.24, 2.45) is 5.73 Å². The third-order valence-corrected chi connectivity index (χ3v) is 5.04. The summed E-state index contributed by atoms with van der Waals surface area (Å²) in [7, 11) is 0. The Morgan fingerprint density at radius 3 is 2.50 bits per heavy atom. The molecule has 1 aliphatic carbocycles. The van der Waals surface area contributed by atoms with E-state index in [0.717, 1.165) is 32.3 Å². The van der Waals surface area contributed by atoms with Crippen molar-refractivity contribution in [2.75, 3.05) is 13.2 Å². The van der Waals surface area contributed by atoms with Crippen molar-refractivity contribution in [1.82, 2.24) is 0 Å². The Labute approximate surface area is 111 Å². The van der Waals surface area contributed by atoms with E-state index in [1.165, 1.54) is 25.7 Å². The standard InChI is InChI=1S/C15H29NO2/c1-3-14(4-2,12-16)18-13-7-10-17-15(11-13)8-5-6-9-15/h13H,3-12,16H2,1-2H3. The second-order valence-electron chi connectivity index (χ2n) is 6.07. The van der Waals surface area contributed by atoms with E-state index < -0.39 is 0 Å². The van der Waals surface area contributed by atoms with Crippen molar-refractivity contribution in [2.45, 2.75) is 82.5 Å². The molecule has 3 nitrogen and oxygen atoms in total. The molecule has 106 valence electrons. The van der Waals surface area contributed by atoms with Crippen molar-refractivity contribution in [3.05, 3.63) is 0 Å². The van der Waals surface area contributed by atoms with Gasteiger partial charge in [-0.05, 0) is 32.1 Å². The number of hydrogen-bond acceptors (Lipinski definition) is 3. The molecule has 1 unspecified atom stereocenters. The Bertz CT molecular complexity index is 249. The number of rotatable bonds is 5. The molecule has 3 heteroatoms. The fourth-order valence-electron chi connectivity index (χ4n) is 3.56. The third kappa shape index (κ3) is 2.89. The third-order valence-electron chi connectivity index (χ3n) is 5.04. The molecule has 1 aliphatic heterocycles. The molecule has 2 aliphatic rings. The van der Waals surface area contributed by atoms with Gasteiger partial charge in [-0.1, -0.05) is 26.7 Å². The van der Waals surface area contributed by atoms with Crippen molar-refractivity contribution in [1.29, 1.82) is 0 Å². The molecule has 2 fully saturated rings. The molecular formula is C15H29NO2. The van der Waals surface area contributed by atoms with Crippen LogP contribution in [0.5, 0.6) is 0 Å². The molecule has 1 saturated heterocycles. The monoisotopic (exact) mass is 255 g/mol. The summed E-state index contributed by atoms with van der Waals surface area (Å²) in [6.45, 7) is 5.85. The molecule has 2 rings (SSSR count). The summed E-state index contributed by atoms with van der Waals surface area (Å²) in [6, 6.07) is 0. The number of ether oxygens (including phenoxy) is 2. The van der Waals surface area contributed by atoms with Gasteiger partial charge in [-0.15, -0.1) is 0 Å². The van der Waals surface area contributed by atoms with E-state index >= 15 is 0 Å². The summed E-state index contributed by atoms with van der Waals surface area (Å²) in [4.78, 5) is 0. The lowest BCUT2D eigenvalue weighted by Gasteiger charge is -2.42. The summed E-state index contributed by atoms with van der Waals surface area (Å²) in [5.41, 5.74) is 5.97. The van der Waals surface area contributed by atoms with Gasteiger partial charge in [0, 0.05) is 19.6 Å². The van der Waals surface area contributed by atoms with Crippen LogP contribution in [0.15, 0.2) is 0 Å². The first kappa shape index (κ1) is 14.3.